The lowest BCUT2D eigenvalue weighted by atomic mass is 9.91. The van der Waals surface area contributed by atoms with Crippen molar-refractivity contribution in [3.63, 3.8) is 0 Å². The minimum atomic E-state index is -0.323. The van der Waals surface area contributed by atoms with Crippen LogP contribution >= 0.6 is 0 Å². The van der Waals surface area contributed by atoms with Crippen molar-refractivity contribution in [2.75, 3.05) is 52.5 Å². The second-order valence-corrected chi connectivity index (χ2v) is 7.42. The molecule has 1 aromatic carbocycles. The summed E-state index contributed by atoms with van der Waals surface area (Å²) in [6.07, 6.45) is 1.57. The number of ether oxygens (including phenoxy) is 2. The van der Waals surface area contributed by atoms with Gasteiger partial charge in [-0.05, 0) is 11.5 Å². The number of aliphatic hydroxyl groups excluding tert-OH is 1. The standard InChI is InChI=1S/C20H30N2O4/c1-17(18-5-3-2-4-6-18)15-22-16-20(26-19(22)24)7-9-21(10-8-20)11-13-25-14-12-23/h2-6,17,23H,7-16H2,1H3/t17-/m1/s1. The first-order valence-electron chi connectivity index (χ1n) is 9.56. The van der Waals surface area contributed by atoms with Gasteiger partial charge < -0.3 is 24.4 Å². The van der Waals surface area contributed by atoms with Gasteiger partial charge in [-0.25, -0.2) is 4.79 Å². The summed E-state index contributed by atoms with van der Waals surface area (Å²) in [7, 11) is 0. The van der Waals surface area contributed by atoms with Crippen LogP contribution < -0.4 is 0 Å². The van der Waals surface area contributed by atoms with Crippen molar-refractivity contribution in [2.45, 2.75) is 31.3 Å². The SMILES string of the molecule is C[C@H](CN1CC2(CCN(CCOCCO)CC2)OC1=O)c1ccccc1. The van der Waals surface area contributed by atoms with Gasteiger partial charge in [-0.3, -0.25) is 0 Å². The number of hydrogen-bond acceptors (Lipinski definition) is 5. The second kappa shape index (κ2) is 8.84. The summed E-state index contributed by atoms with van der Waals surface area (Å²) in [5.41, 5.74) is 0.926. The Hall–Kier alpha value is -1.63. The third-order valence-corrected chi connectivity index (χ3v) is 5.46. The predicted molar refractivity (Wildman–Crippen MR) is 99.2 cm³/mol. The highest BCUT2D eigenvalue weighted by atomic mass is 16.6. The smallest absolute Gasteiger partial charge is 0.410 e. The first kappa shape index (κ1) is 19.1. The van der Waals surface area contributed by atoms with Crippen LogP contribution in [0.4, 0.5) is 4.79 Å². The first-order valence-corrected chi connectivity index (χ1v) is 9.56. The molecular weight excluding hydrogens is 332 g/mol. The van der Waals surface area contributed by atoms with Gasteiger partial charge in [0.1, 0.15) is 5.60 Å². The summed E-state index contributed by atoms with van der Waals surface area (Å²) in [6.45, 7) is 7.33. The molecule has 0 unspecified atom stereocenters. The lowest BCUT2D eigenvalue weighted by molar-refractivity contribution is -0.00787. The van der Waals surface area contributed by atoms with Gasteiger partial charge >= 0.3 is 6.09 Å². The number of hydrogen-bond donors (Lipinski definition) is 1. The van der Waals surface area contributed by atoms with Gasteiger partial charge in [0.05, 0.1) is 26.4 Å². The Bertz CT molecular complexity index is 572. The average molecular weight is 362 g/mol. The van der Waals surface area contributed by atoms with E-state index in [9.17, 15) is 4.79 Å². The fraction of sp³-hybridized carbons (Fsp3) is 0.650. The first-order chi connectivity index (χ1) is 12.6. The Balaban J connectivity index is 1.47. The van der Waals surface area contributed by atoms with Crippen LogP contribution in [0.25, 0.3) is 0 Å². The molecule has 2 aliphatic rings. The third kappa shape index (κ3) is 4.75. The van der Waals surface area contributed by atoms with Gasteiger partial charge in [0.15, 0.2) is 0 Å². The zero-order valence-corrected chi connectivity index (χ0v) is 15.6. The number of carbonyl (C=O) groups excluding carboxylic acids is 1. The maximum Gasteiger partial charge on any atom is 0.410 e. The molecule has 2 fully saturated rings. The number of carbonyl (C=O) groups is 1. The topological polar surface area (TPSA) is 62.2 Å². The second-order valence-electron chi connectivity index (χ2n) is 7.42. The van der Waals surface area contributed by atoms with Crippen molar-refractivity contribution in [1.82, 2.24) is 9.80 Å². The molecule has 0 saturated carbocycles. The third-order valence-electron chi connectivity index (χ3n) is 5.46. The summed E-state index contributed by atoms with van der Waals surface area (Å²) >= 11 is 0. The van der Waals surface area contributed by atoms with Crippen LogP contribution in [0.1, 0.15) is 31.2 Å². The van der Waals surface area contributed by atoms with Gasteiger partial charge in [0.2, 0.25) is 0 Å². The van der Waals surface area contributed by atoms with E-state index in [1.54, 1.807) is 0 Å². The molecule has 2 saturated heterocycles. The quantitative estimate of drug-likeness (QED) is 0.718. The zero-order valence-electron chi connectivity index (χ0n) is 15.6. The van der Waals surface area contributed by atoms with Crippen molar-refractivity contribution in [3.05, 3.63) is 35.9 Å². The van der Waals surface area contributed by atoms with Crippen LogP contribution in [0.2, 0.25) is 0 Å². The molecule has 144 valence electrons. The van der Waals surface area contributed by atoms with Crippen LogP contribution in [0.15, 0.2) is 30.3 Å². The van der Waals surface area contributed by atoms with Crippen LogP contribution in [0.5, 0.6) is 0 Å². The lowest BCUT2D eigenvalue weighted by Gasteiger charge is -2.37. The Morgan fingerprint density at radius 3 is 2.65 bits per heavy atom. The van der Waals surface area contributed by atoms with E-state index in [4.69, 9.17) is 14.6 Å². The maximum atomic E-state index is 12.4. The maximum absolute atomic E-state index is 12.4. The van der Waals surface area contributed by atoms with Gasteiger partial charge in [0.25, 0.3) is 0 Å². The van der Waals surface area contributed by atoms with E-state index >= 15 is 0 Å². The molecule has 1 amide bonds. The molecule has 2 aliphatic heterocycles. The van der Waals surface area contributed by atoms with E-state index in [1.165, 1.54) is 5.56 Å². The fourth-order valence-electron chi connectivity index (χ4n) is 3.86. The van der Waals surface area contributed by atoms with Crippen molar-refractivity contribution in [1.29, 1.82) is 0 Å². The fourth-order valence-corrected chi connectivity index (χ4v) is 3.86. The average Bonchev–Trinajstić information content (AvgIpc) is 2.96. The number of amides is 1. The summed E-state index contributed by atoms with van der Waals surface area (Å²) in [4.78, 5) is 16.6. The number of aliphatic hydroxyl groups is 1. The summed E-state index contributed by atoms with van der Waals surface area (Å²) < 4.78 is 11.2. The number of piperidine rings is 1. The van der Waals surface area contributed by atoms with E-state index in [1.807, 2.05) is 23.1 Å². The molecule has 26 heavy (non-hydrogen) atoms. The van der Waals surface area contributed by atoms with Crippen LogP contribution in [0, 0.1) is 0 Å². The molecule has 1 atom stereocenters. The van der Waals surface area contributed by atoms with Crippen LogP contribution in [0.3, 0.4) is 0 Å². The van der Waals surface area contributed by atoms with Crippen LogP contribution in [-0.4, -0.2) is 79.1 Å². The van der Waals surface area contributed by atoms with Crippen molar-refractivity contribution in [3.8, 4) is 0 Å². The Kier molecular flexibility index (Phi) is 6.51. The summed E-state index contributed by atoms with van der Waals surface area (Å²) in [5.74, 6) is 0.294. The van der Waals surface area contributed by atoms with E-state index in [2.05, 4.69) is 24.0 Å². The highest BCUT2D eigenvalue weighted by Crippen LogP contribution is 2.34. The van der Waals surface area contributed by atoms with Gasteiger partial charge in [0, 0.05) is 39.0 Å². The Morgan fingerprint density at radius 1 is 1.23 bits per heavy atom. The van der Waals surface area contributed by atoms with Gasteiger partial charge in [-0.2, -0.15) is 0 Å². The highest BCUT2D eigenvalue weighted by molar-refractivity contribution is 5.70. The van der Waals surface area contributed by atoms with E-state index in [-0.39, 0.29) is 18.3 Å². The van der Waals surface area contributed by atoms with E-state index in [0.717, 1.165) is 32.5 Å². The molecule has 6 heteroatoms. The molecule has 0 radical (unpaired) electrons. The molecule has 1 aromatic rings. The highest BCUT2D eigenvalue weighted by Gasteiger charge is 2.46. The molecule has 0 aliphatic carbocycles. The van der Waals surface area contributed by atoms with Gasteiger partial charge in [-0.15, -0.1) is 0 Å². The Morgan fingerprint density at radius 2 is 1.96 bits per heavy atom. The molecule has 2 heterocycles. The summed E-state index contributed by atoms with van der Waals surface area (Å²) in [5, 5.41) is 8.74. The number of rotatable bonds is 8. The molecular formula is C20H30N2O4. The molecule has 0 bridgehead atoms. The number of nitrogens with zero attached hydrogens (tertiary/aromatic N) is 2. The molecule has 1 spiro atoms. The molecule has 6 nitrogen and oxygen atoms in total. The number of likely N-dealkylation sites (tertiary alicyclic amines) is 1. The van der Waals surface area contributed by atoms with E-state index in [0.29, 0.717) is 32.2 Å². The monoisotopic (exact) mass is 362 g/mol. The normalized spacial score (nSPS) is 21.2. The molecule has 3 rings (SSSR count). The largest absolute Gasteiger partial charge is 0.441 e. The van der Waals surface area contributed by atoms with Gasteiger partial charge in [-0.1, -0.05) is 37.3 Å². The molecule has 0 aromatic heterocycles. The number of benzene rings is 1. The minimum absolute atomic E-state index is 0.0658. The zero-order chi connectivity index (χ0) is 18.4. The summed E-state index contributed by atoms with van der Waals surface area (Å²) in [6, 6.07) is 10.3. The van der Waals surface area contributed by atoms with E-state index < -0.39 is 0 Å². The lowest BCUT2D eigenvalue weighted by Crippen LogP contribution is -2.47. The Labute approximate surface area is 155 Å². The minimum Gasteiger partial charge on any atom is -0.441 e. The van der Waals surface area contributed by atoms with Crippen LogP contribution in [-0.2, 0) is 9.47 Å². The van der Waals surface area contributed by atoms with Crippen molar-refractivity contribution in [2.24, 2.45) is 0 Å². The predicted octanol–water partition coefficient (Wildman–Crippen LogP) is 2.09. The molecule has 1 N–H and O–H groups in total. The van der Waals surface area contributed by atoms with Crippen molar-refractivity contribution >= 4 is 6.09 Å². The van der Waals surface area contributed by atoms with Crippen molar-refractivity contribution < 1.29 is 19.4 Å².